The van der Waals surface area contributed by atoms with E-state index in [1.165, 1.54) is 22.4 Å². The Hall–Kier alpha value is -1.37. The molecule has 2 atom stereocenters. The number of hydrogen-bond acceptors (Lipinski definition) is 2. The summed E-state index contributed by atoms with van der Waals surface area (Å²) in [5.74, 6) is 0. The number of hydrogen-bond donors (Lipinski definition) is 2. The number of rotatable bonds is 5. The first-order valence-electron chi connectivity index (χ1n) is 8.53. The van der Waals surface area contributed by atoms with Gasteiger partial charge in [0.1, 0.15) is 0 Å². The predicted octanol–water partition coefficient (Wildman–Crippen LogP) is 4.95. The second-order valence-corrected chi connectivity index (χ2v) is 7.47. The molecule has 0 saturated heterocycles. The van der Waals surface area contributed by atoms with Gasteiger partial charge in [-0.3, -0.25) is 0 Å². The third kappa shape index (κ3) is 4.13. The van der Waals surface area contributed by atoms with Crippen molar-refractivity contribution in [3.05, 3.63) is 65.2 Å². The van der Waals surface area contributed by atoms with Crippen molar-refractivity contribution in [2.45, 2.75) is 39.0 Å². The second kappa shape index (κ2) is 8.47. The van der Waals surface area contributed by atoms with Crippen molar-refractivity contribution in [3.63, 3.8) is 0 Å². The minimum absolute atomic E-state index is 0.292. The quantitative estimate of drug-likeness (QED) is 0.759. The van der Waals surface area contributed by atoms with Gasteiger partial charge < -0.3 is 10.6 Å². The predicted molar refractivity (Wildman–Crippen MR) is 105 cm³/mol. The van der Waals surface area contributed by atoms with E-state index in [0.717, 1.165) is 28.2 Å². The van der Waals surface area contributed by atoms with Crippen LogP contribution >= 0.6 is 8.58 Å². The van der Waals surface area contributed by atoms with Gasteiger partial charge in [-0.25, -0.2) is 0 Å². The maximum absolute atomic E-state index is 3.58. The van der Waals surface area contributed by atoms with Crippen molar-refractivity contribution in [3.8, 4) is 0 Å². The van der Waals surface area contributed by atoms with Crippen molar-refractivity contribution in [1.82, 2.24) is 5.32 Å². The van der Waals surface area contributed by atoms with E-state index in [4.69, 9.17) is 0 Å². The van der Waals surface area contributed by atoms with E-state index < -0.39 is 0 Å². The van der Waals surface area contributed by atoms with E-state index in [0.29, 0.717) is 5.16 Å². The van der Waals surface area contributed by atoms with E-state index in [1.807, 2.05) is 13.8 Å². The molecular weight excluding hydrogens is 299 g/mol. The fraction of sp³-hybridized carbons (Fsp3) is 0.400. The standard InChI is InChI=1S/C18H23N2P.C2H6/c1-18(21-2)13-20-16-10-6-9-15(17(16)18)12-19-11-14-7-4-3-5-8-14;1-2/h3-10,19-21H,11-13H2,1-2H3;1-2H3. The fourth-order valence-corrected chi connectivity index (χ4v) is 3.87. The van der Waals surface area contributed by atoms with Crippen LogP contribution in [-0.4, -0.2) is 13.2 Å². The van der Waals surface area contributed by atoms with Crippen molar-refractivity contribution < 1.29 is 0 Å². The normalized spacial score (nSPS) is 19.1. The molecule has 2 unspecified atom stereocenters. The molecule has 1 heterocycles. The topological polar surface area (TPSA) is 24.1 Å². The molecule has 0 aromatic heterocycles. The molecule has 2 nitrogen and oxygen atoms in total. The van der Waals surface area contributed by atoms with E-state index in [-0.39, 0.29) is 0 Å². The van der Waals surface area contributed by atoms with Gasteiger partial charge >= 0.3 is 0 Å². The summed E-state index contributed by atoms with van der Waals surface area (Å²) in [5.41, 5.74) is 5.62. The SMILES string of the molecule is CC.CPC1(C)CNc2cccc(CNCc3ccccc3)c21. The molecule has 23 heavy (non-hydrogen) atoms. The van der Waals surface area contributed by atoms with Gasteiger partial charge in [-0.15, -0.1) is 8.58 Å². The molecule has 0 aliphatic carbocycles. The molecule has 2 aromatic carbocycles. The third-order valence-electron chi connectivity index (χ3n) is 4.37. The first-order valence-corrected chi connectivity index (χ1v) is 10.0. The van der Waals surface area contributed by atoms with Gasteiger partial charge in [-0.2, -0.15) is 0 Å². The molecule has 0 fully saturated rings. The van der Waals surface area contributed by atoms with Gasteiger partial charge in [-0.05, 0) is 29.4 Å². The van der Waals surface area contributed by atoms with Crippen LogP contribution in [0.4, 0.5) is 5.69 Å². The van der Waals surface area contributed by atoms with Crippen LogP contribution in [0.5, 0.6) is 0 Å². The van der Waals surface area contributed by atoms with Gasteiger partial charge in [-0.1, -0.05) is 63.2 Å². The zero-order valence-corrected chi connectivity index (χ0v) is 15.7. The smallest absolute Gasteiger partial charge is 0.0386 e. The van der Waals surface area contributed by atoms with Crippen LogP contribution in [0.1, 0.15) is 37.5 Å². The summed E-state index contributed by atoms with van der Waals surface area (Å²) in [6.07, 6.45) is 0. The summed E-state index contributed by atoms with van der Waals surface area (Å²) in [6.45, 7) is 11.6. The Labute approximate surface area is 142 Å². The molecule has 1 aliphatic rings. The summed E-state index contributed by atoms with van der Waals surface area (Å²) in [5, 5.41) is 7.45. The molecule has 2 N–H and O–H groups in total. The first-order chi connectivity index (χ1) is 11.2. The summed E-state index contributed by atoms with van der Waals surface area (Å²) < 4.78 is 0. The fourth-order valence-electron chi connectivity index (χ4n) is 3.06. The van der Waals surface area contributed by atoms with E-state index in [9.17, 15) is 0 Å². The molecular formula is C20H29N2P. The molecule has 0 saturated carbocycles. The van der Waals surface area contributed by atoms with Crippen LogP contribution in [0.2, 0.25) is 0 Å². The summed E-state index contributed by atoms with van der Waals surface area (Å²) in [7, 11) is 0.915. The van der Waals surface area contributed by atoms with Crippen molar-refractivity contribution in [2.24, 2.45) is 0 Å². The number of fused-ring (bicyclic) bond motifs is 1. The van der Waals surface area contributed by atoms with Crippen molar-refractivity contribution in [1.29, 1.82) is 0 Å². The van der Waals surface area contributed by atoms with Crippen LogP contribution < -0.4 is 10.6 Å². The van der Waals surface area contributed by atoms with E-state index in [2.05, 4.69) is 72.8 Å². The van der Waals surface area contributed by atoms with Gasteiger partial charge in [0.05, 0.1) is 0 Å². The lowest BCUT2D eigenvalue weighted by molar-refractivity contribution is 0.674. The molecule has 0 amide bonds. The molecule has 2 aromatic rings. The third-order valence-corrected chi connectivity index (χ3v) is 5.90. The van der Waals surface area contributed by atoms with Crippen LogP contribution in [0.3, 0.4) is 0 Å². The number of anilines is 1. The maximum atomic E-state index is 3.58. The number of benzene rings is 2. The van der Waals surface area contributed by atoms with Gasteiger partial charge in [0, 0.05) is 30.5 Å². The monoisotopic (exact) mass is 328 g/mol. The Morgan fingerprint density at radius 3 is 2.48 bits per heavy atom. The zero-order valence-electron chi connectivity index (χ0n) is 14.7. The minimum Gasteiger partial charge on any atom is -0.384 e. The Morgan fingerprint density at radius 2 is 1.78 bits per heavy atom. The molecule has 0 spiro atoms. The van der Waals surface area contributed by atoms with Crippen LogP contribution in [0, 0.1) is 0 Å². The maximum Gasteiger partial charge on any atom is 0.0386 e. The molecule has 0 radical (unpaired) electrons. The average Bonchev–Trinajstić information content (AvgIpc) is 2.96. The van der Waals surface area contributed by atoms with Crippen molar-refractivity contribution in [2.75, 3.05) is 18.5 Å². The second-order valence-electron chi connectivity index (χ2n) is 5.86. The lowest BCUT2D eigenvalue weighted by Crippen LogP contribution is -2.21. The largest absolute Gasteiger partial charge is 0.384 e. The summed E-state index contributed by atoms with van der Waals surface area (Å²) in [6, 6.07) is 17.2. The summed E-state index contributed by atoms with van der Waals surface area (Å²) in [4.78, 5) is 0. The highest BCUT2D eigenvalue weighted by Gasteiger charge is 2.34. The average molecular weight is 328 g/mol. The van der Waals surface area contributed by atoms with E-state index in [1.54, 1.807) is 0 Å². The highest BCUT2D eigenvalue weighted by Crippen LogP contribution is 2.48. The highest BCUT2D eigenvalue weighted by atomic mass is 31.1. The summed E-state index contributed by atoms with van der Waals surface area (Å²) >= 11 is 0. The van der Waals surface area contributed by atoms with E-state index >= 15 is 0 Å². The Bertz CT molecular complexity index is 612. The van der Waals surface area contributed by atoms with Gasteiger partial charge in [0.15, 0.2) is 0 Å². The number of nitrogens with one attached hydrogen (secondary N) is 2. The Morgan fingerprint density at radius 1 is 1.04 bits per heavy atom. The zero-order chi connectivity index (χ0) is 16.7. The molecule has 3 heteroatoms. The molecule has 3 rings (SSSR count). The van der Waals surface area contributed by atoms with Gasteiger partial charge in [0.2, 0.25) is 0 Å². The Kier molecular flexibility index (Phi) is 6.62. The lowest BCUT2D eigenvalue weighted by Gasteiger charge is -2.24. The molecule has 0 bridgehead atoms. The Balaban J connectivity index is 0.000000924. The van der Waals surface area contributed by atoms with Crippen LogP contribution in [-0.2, 0) is 18.2 Å². The van der Waals surface area contributed by atoms with Crippen LogP contribution in [0.15, 0.2) is 48.5 Å². The molecule has 124 valence electrons. The van der Waals surface area contributed by atoms with Crippen molar-refractivity contribution >= 4 is 14.3 Å². The van der Waals surface area contributed by atoms with Crippen LogP contribution in [0.25, 0.3) is 0 Å². The minimum atomic E-state index is 0.292. The first kappa shape index (κ1) is 18.0. The van der Waals surface area contributed by atoms with Gasteiger partial charge in [0.25, 0.3) is 0 Å². The lowest BCUT2D eigenvalue weighted by atomic mass is 9.96. The highest BCUT2D eigenvalue weighted by molar-refractivity contribution is 7.38. The molecule has 1 aliphatic heterocycles.